The van der Waals surface area contributed by atoms with Crippen LogP contribution in [0.25, 0.3) is 11.1 Å². The molecule has 88 valence electrons. The molecule has 0 radical (unpaired) electrons. The monoisotopic (exact) mass is 259 g/mol. The minimum atomic E-state index is -2.67. The van der Waals surface area contributed by atoms with Gasteiger partial charge in [-0.1, -0.05) is 23.9 Å². The lowest BCUT2D eigenvalue weighted by Crippen LogP contribution is -1.86. The fourth-order valence-electron chi connectivity index (χ4n) is 0.938. The van der Waals surface area contributed by atoms with Gasteiger partial charge in [0.1, 0.15) is 15.4 Å². The van der Waals surface area contributed by atoms with Crippen molar-refractivity contribution >= 4 is 32.7 Å². The van der Waals surface area contributed by atoms with E-state index in [1.165, 1.54) is 11.8 Å². The average Bonchev–Trinajstić information content (AvgIpc) is 2.57. The Kier molecular flexibility index (Phi) is 4.37. The lowest BCUT2D eigenvalue weighted by molar-refractivity contribution is 0.490. The van der Waals surface area contributed by atoms with E-state index in [0.717, 1.165) is 28.8 Å². The van der Waals surface area contributed by atoms with Crippen LogP contribution >= 0.6 is 11.8 Å². The van der Waals surface area contributed by atoms with Gasteiger partial charge in [-0.2, -0.15) is 0 Å². The van der Waals surface area contributed by atoms with Gasteiger partial charge in [-0.15, -0.1) is 0 Å². The number of oxazole rings is 1. The molecule has 0 aliphatic rings. The number of fused-ring (bicyclic) bond motifs is 1. The highest BCUT2D eigenvalue weighted by Crippen LogP contribution is 2.20. The van der Waals surface area contributed by atoms with E-state index in [4.69, 9.17) is 4.42 Å². The van der Waals surface area contributed by atoms with Gasteiger partial charge in [-0.05, 0) is 18.4 Å². The molecule has 4 nitrogen and oxygen atoms in total. The molecule has 6 heteroatoms. The summed E-state index contributed by atoms with van der Waals surface area (Å²) in [6, 6.07) is 7.76. The van der Waals surface area contributed by atoms with Gasteiger partial charge in [0.05, 0.1) is 0 Å². The Hall–Kier alpha value is -1.01. The number of benzene rings is 1. The second-order valence-electron chi connectivity index (χ2n) is 3.29. The van der Waals surface area contributed by atoms with E-state index >= 15 is 0 Å². The van der Waals surface area contributed by atoms with E-state index in [1.54, 1.807) is 0 Å². The Labute approximate surface area is 99.0 Å². The average molecular weight is 259 g/mol. The molecule has 0 spiro atoms. The fourth-order valence-corrected chi connectivity index (χ4v) is 1.30. The van der Waals surface area contributed by atoms with Crippen LogP contribution < -0.4 is 0 Å². The molecule has 0 atom stereocenters. The van der Waals surface area contributed by atoms with Crippen molar-refractivity contribution in [2.75, 3.05) is 18.8 Å². The van der Waals surface area contributed by atoms with Gasteiger partial charge in [0.15, 0.2) is 5.58 Å². The highest BCUT2D eigenvalue weighted by Gasteiger charge is 2.01. The van der Waals surface area contributed by atoms with Crippen molar-refractivity contribution in [3.05, 3.63) is 24.3 Å². The number of para-hydroxylation sites is 2. The lowest BCUT2D eigenvalue weighted by atomic mass is 10.3. The van der Waals surface area contributed by atoms with Crippen molar-refractivity contribution in [2.24, 2.45) is 0 Å². The quantitative estimate of drug-likeness (QED) is 0.735. The predicted molar refractivity (Wildman–Crippen MR) is 66.6 cm³/mol. The van der Waals surface area contributed by atoms with E-state index in [9.17, 15) is 8.42 Å². The van der Waals surface area contributed by atoms with Crippen LogP contribution in [0.15, 0.2) is 33.9 Å². The zero-order valence-corrected chi connectivity index (χ0v) is 10.9. The highest BCUT2D eigenvalue weighted by molar-refractivity contribution is 7.98. The molecule has 1 aromatic heterocycles. The summed E-state index contributed by atoms with van der Waals surface area (Å²) in [6.45, 7) is 0. The van der Waals surface area contributed by atoms with Gasteiger partial charge < -0.3 is 4.42 Å². The molecule has 1 heterocycles. The first-order valence-electron chi connectivity index (χ1n) is 4.45. The van der Waals surface area contributed by atoms with Gasteiger partial charge in [0.2, 0.25) is 0 Å². The molecule has 1 aromatic carbocycles. The number of nitrogens with zero attached hydrogens (tertiary/aromatic N) is 1. The minimum absolute atomic E-state index is 0.728. The van der Waals surface area contributed by atoms with Gasteiger partial charge in [-0.3, -0.25) is 0 Å². The third-order valence-electron chi connectivity index (χ3n) is 1.45. The van der Waals surface area contributed by atoms with E-state index in [0.29, 0.717) is 0 Å². The number of hydrogen-bond donors (Lipinski definition) is 0. The number of hydrogen-bond acceptors (Lipinski definition) is 5. The molecular weight excluding hydrogens is 246 g/mol. The zero-order valence-electron chi connectivity index (χ0n) is 9.30. The number of rotatable bonds is 1. The maximum absolute atomic E-state index is 9.63. The van der Waals surface area contributed by atoms with Crippen LogP contribution in [0.1, 0.15) is 0 Å². The first-order valence-corrected chi connectivity index (χ1v) is 7.97. The van der Waals surface area contributed by atoms with Crippen LogP contribution in [0.4, 0.5) is 0 Å². The number of sulfone groups is 1. The molecule has 16 heavy (non-hydrogen) atoms. The van der Waals surface area contributed by atoms with Gasteiger partial charge in [-0.25, -0.2) is 13.4 Å². The topological polar surface area (TPSA) is 60.2 Å². The first-order chi connectivity index (χ1) is 7.40. The molecule has 2 aromatic rings. The first kappa shape index (κ1) is 13.1. The maximum atomic E-state index is 9.63. The largest absolute Gasteiger partial charge is 0.431 e. The molecule has 0 saturated heterocycles. The van der Waals surface area contributed by atoms with Crippen molar-refractivity contribution in [3.8, 4) is 0 Å². The summed E-state index contributed by atoms with van der Waals surface area (Å²) in [5.41, 5.74) is 1.79. The Morgan fingerprint density at radius 1 is 1.25 bits per heavy atom. The third kappa shape index (κ3) is 4.67. The predicted octanol–water partition coefficient (Wildman–Crippen LogP) is 2.21. The number of aromatic nitrogens is 1. The molecular formula is C10H13NO3S2. The van der Waals surface area contributed by atoms with Crippen LogP contribution in [0.5, 0.6) is 0 Å². The fraction of sp³-hybridized carbons (Fsp3) is 0.300. The van der Waals surface area contributed by atoms with E-state index < -0.39 is 9.84 Å². The number of thioether (sulfide) groups is 1. The Bertz CT molecular complexity index is 519. The normalized spacial score (nSPS) is 10.9. The Morgan fingerprint density at radius 3 is 2.31 bits per heavy atom. The molecule has 0 unspecified atom stereocenters. The summed E-state index contributed by atoms with van der Waals surface area (Å²) in [5, 5.41) is 0.728. The summed E-state index contributed by atoms with van der Waals surface area (Å²) in [5.74, 6) is 0. The van der Waals surface area contributed by atoms with Crippen molar-refractivity contribution < 1.29 is 12.8 Å². The smallest absolute Gasteiger partial charge is 0.256 e. The molecule has 0 bridgehead atoms. The van der Waals surface area contributed by atoms with E-state index in [2.05, 4.69) is 4.98 Å². The SMILES string of the molecule is CS(C)(=O)=O.CSc1nc2ccccc2o1. The van der Waals surface area contributed by atoms with Crippen molar-refractivity contribution in [1.82, 2.24) is 4.98 Å². The van der Waals surface area contributed by atoms with Gasteiger partial charge in [0, 0.05) is 12.5 Å². The van der Waals surface area contributed by atoms with Crippen LogP contribution in [0, 0.1) is 0 Å². The molecule has 0 aliphatic carbocycles. The molecule has 0 aliphatic heterocycles. The zero-order chi connectivity index (χ0) is 12.2. The van der Waals surface area contributed by atoms with Crippen molar-refractivity contribution in [2.45, 2.75) is 5.22 Å². The second-order valence-corrected chi connectivity index (χ2v) is 6.34. The second kappa shape index (κ2) is 5.36. The summed E-state index contributed by atoms with van der Waals surface area (Å²) < 4.78 is 24.6. The van der Waals surface area contributed by atoms with E-state index in [-0.39, 0.29) is 0 Å². The van der Waals surface area contributed by atoms with Crippen molar-refractivity contribution in [3.63, 3.8) is 0 Å². The molecule has 2 rings (SSSR count). The Morgan fingerprint density at radius 2 is 1.81 bits per heavy atom. The van der Waals surface area contributed by atoms with Crippen LogP contribution in [-0.4, -0.2) is 32.2 Å². The van der Waals surface area contributed by atoms with Gasteiger partial charge in [0.25, 0.3) is 5.22 Å². The van der Waals surface area contributed by atoms with Crippen LogP contribution in [0.2, 0.25) is 0 Å². The molecule has 0 amide bonds. The van der Waals surface area contributed by atoms with E-state index in [1.807, 2.05) is 30.5 Å². The van der Waals surface area contributed by atoms with Crippen LogP contribution in [0.3, 0.4) is 0 Å². The summed E-state index contributed by atoms with van der Waals surface area (Å²) in [6.07, 6.45) is 4.27. The van der Waals surface area contributed by atoms with Gasteiger partial charge >= 0.3 is 0 Å². The Balaban J connectivity index is 0.000000221. The summed E-state index contributed by atoms with van der Waals surface area (Å²) in [7, 11) is -2.67. The third-order valence-corrected chi connectivity index (χ3v) is 1.97. The lowest BCUT2D eigenvalue weighted by Gasteiger charge is -1.80. The standard InChI is InChI=1S/C8H7NOS.C2H6O2S/c1-11-8-9-6-4-2-3-5-7(6)10-8;1-5(2,3)4/h2-5H,1H3;1-2H3. The summed E-state index contributed by atoms with van der Waals surface area (Å²) in [4.78, 5) is 4.23. The molecule has 0 fully saturated rings. The van der Waals surface area contributed by atoms with Crippen molar-refractivity contribution in [1.29, 1.82) is 0 Å². The minimum Gasteiger partial charge on any atom is -0.431 e. The highest BCUT2D eigenvalue weighted by atomic mass is 32.2. The summed E-state index contributed by atoms with van der Waals surface area (Å²) >= 11 is 1.52. The molecule has 0 N–H and O–H groups in total. The maximum Gasteiger partial charge on any atom is 0.256 e. The molecule has 0 saturated carbocycles. The van der Waals surface area contributed by atoms with Crippen LogP contribution in [-0.2, 0) is 9.84 Å².